The molecule has 1 N–H and O–H groups in total. The highest BCUT2D eigenvalue weighted by atomic mass is 19.2. The van der Waals surface area contributed by atoms with Crippen LogP contribution in [0.2, 0.25) is 0 Å². The first-order valence-corrected chi connectivity index (χ1v) is 10.7. The molecule has 188 valence electrons. The molecule has 8 nitrogen and oxygen atoms in total. The molecule has 0 amide bonds. The van der Waals surface area contributed by atoms with Crippen LogP contribution in [-0.4, -0.2) is 34.9 Å². The molecule has 0 aliphatic carbocycles. The summed E-state index contributed by atoms with van der Waals surface area (Å²) in [7, 11) is 0. The SMILES string of the molecule is CCOC(=O)C(Oc1c(F)c(F)nc(Oc2cc(C#N)ccc2OCc2ccccc2)c1F)C(C)O. The van der Waals surface area contributed by atoms with E-state index in [0.29, 0.717) is 0 Å². The zero-order valence-electron chi connectivity index (χ0n) is 19.2. The molecule has 1 aromatic heterocycles. The van der Waals surface area contributed by atoms with Crippen molar-refractivity contribution < 1.29 is 42.0 Å². The summed E-state index contributed by atoms with van der Waals surface area (Å²) in [6.45, 7) is 2.58. The normalized spacial score (nSPS) is 12.2. The Bertz CT molecular complexity index is 1260. The van der Waals surface area contributed by atoms with Gasteiger partial charge in [0.25, 0.3) is 11.8 Å². The number of hydrogen-bond acceptors (Lipinski definition) is 8. The molecular weight excluding hydrogens is 481 g/mol. The predicted octanol–water partition coefficient (Wildman–Crippen LogP) is 4.43. The van der Waals surface area contributed by atoms with E-state index in [9.17, 15) is 23.9 Å². The highest BCUT2D eigenvalue weighted by molar-refractivity contribution is 5.75. The second kappa shape index (κ2) is 11.9. The van der Waals surface area contributed by atoms with Crippen molar-refractivity contribution >= 4 is 5.97 Å². The van der Waals surface area contributed by atoms with Crippen LogP contribution in [-0.2, 0) is 16.1 Å². The Morgan fingerprint density at radius 3 is 2.47 bits per heavy atom. The second-order valence-corrected chi connectivity index (χ2v) is 7.35. The smallest absolute Gasteiger partial charge is 0.350 e. The van der Waals surface area contributed by atoms with Crippen molar-refractivity contribution in [2.75, 3.05) is 6.61 Å². The van der Waals surface area contributed by atoms with Crippen molar-refractivity contribution in [3.63, 3.8) is 0 Å². The Balaban J connectivity index is 1.96. The van der Waals surface area contributed by atoms with E-state index in [1.165, 1.54) is 25.1 Å². The minimum absolute atomic E-state index is 0.0552. The number of rotatable bonds is 10. The fraction of sp³-hybridized carbons (Fsp3) is 0.240. The van der Waals surface area contributed by atoms with Crippen LogP contribution in [0.25, 0.3) is 0 Å². The quantitative estimate of drug-likeness (QED) is 0.320. The van der Waals surface area contributed by atoms with Gasteiger partial charge in [0, 0.05) is 6.07 Å². The molecule has 0 radical (unpaired) electrons. The van der Waals surface area contributed by atoms with Gasteiger partial charge in [-0.25, -0.2) is 4.79 Å². The van der Waals surface area contributed by atoms with E-state index in [0.717, 1.165) is 12.5 Å². The fourth-order valence-corrected chi connectivity index (χ4v) is 2.96. The Kier molecular flexibility index (Phi) is 8.70. The average molecular weight is 502 g/mol. The van der Waals surface area contributed by atoms with Gasteiger partial charge in [-0.2, -0.15) is 23.4 Å². The maximum atomic E-state index is 15.2. The van der Waals surface area contributed by atoms with Gasteiger partial charge in [0.15, 0.2) is 11.5 Å². The number of hydrogen-bond donors (Lipinski definition) is 1. The standard InChI is InChI=1S/C25H21F3N2O6/c1-3-33-25(32)21(14(2)31)36-22-19(26)23(28)30-24(20(22)27)35-18-11-16(12-29)9-10-17(18)34-13-15-7-5-4-6-8-15/h4-11,14,21,31H,3,13H2,1-2H3. The van der Waals surface area contributed by atoms with E-state index in [1.54, 1.807) is 24.3 Å². The third-order valence-corrected chi connectivity index (χ3v) is 4.69. The number of carbonyl (C=O) groups excluding carboxylic acids is 1. The van der Waals surface area contributed by atoms with Crippen molar-refractivity contribution in [3.05, 3.63) is 77.2 Å². The Hall–Kier alpha value is -4.30. The van der Waals surface area contributed by atoms with Gasteiger partial charge in [-0.3, -0.25) is 0 Å². The lowest BCUT2D eigenvalue weighted by Gasteiger charge is -2.21. The number of aliphatic hydroxyl groups is 1. The first-order chi connectivity index (χ1) is 17.2. The van der Waals surface area contributed by atoms with Gasteiger partial charge >= 0.3 is 5.97 Å². The highest BCUT2D eigenvalue weighted by Crippen LogP contribution is 2.37. The third kappa shape index (κ3) is 6.22. The average Bonchev–Trinajstić information content (AvgIpc) is 2.87. The fourth-order valence-electron chi connectivity index (χ4n) is 2.96. The molecule has 0 aliphatic heterocycles. The molecule has 3 aromatic rings. The first-order valence-electron chi connectivity index (χ1n) is 10.7. The summed E-state index contributed by atoms with van der Waals surface area (Å²) in [5, 5.41) is 19.0. The van der Waals surface area contributed by atoms with E-state index >= 15 is 4.39 Å². The minimum atomic E-state index is -1.87. The third-order valence-electron chi connectivity index (χ3n) is 4.69. The monoisotopic (exact) mass is 502 g/mol. The predicted molar refractivity (Wildman–Crippen MR) is 119 cm³/mol. The number of benzene rings is 2. The molecule has 2 aromatic carbocycles. The van der Waals surface area contributed by atoms with Gasteiger partial charge in [-0.15, -0.1) is 0 Å². The van der Waals surface area contributed by atoms with Crippen molar-refractivity contribution in [3.8, 4) is 29.2 Å². The van der Waals surface area contributed by atoms with Crippen LogP contribution in [0.15, 0.2) is 48.5 Å². The topological polar surface area (TPSA) is 111 Å². The lowest BCUT2D eigenvalue weighted by molar-refractivity contribution is -0.156. The number of nitriles is 1. The molecule has 0 saturated carbocycles. The summed E-state index contributed by atoms with van der Waals surface area (Å²) in [4.78, 5) is 15.2. The number of aromatic nitrogens is 1. The zero-order chi connectivity index (χ0) is 26.2. The molecule has 11 heteroatoms. The molecule has 0 spiro atoms. The van der Waals surface area contributed by atoms with Crippen LogP contribution in [0.4, 0.5) is 13.2 Å². The number of nitrogens with zero attached hydrogens (tertiary/aromatic N) is 2. The number of pyridine rings is 1. The van der Waals surface area contributed by atoms with Crippen LogP contribution in [0.5, 0.6) is 23.1 Å². The van der Waals surface area contributed by atoms with Gasteiger partial charge in [0.2, 0.25) is 23.5 Å². The number of esters is 1. The molecule has 2 unspecified atom stereocenters. The number of halogens is 3. The molecule has 36 heavy (non-hydrogen) atoms. The van der Waals surface area contributed by atoms with Crippen LogP contribution >= 0.6 is 0 Å². The van der Waals surface area contributed by atoms with E-state index in [4.69, 9.17) is 18.9 Å². The summed E-state index contributed by atoms with van der Waals surface area (Å²) in [6.07, 6.45) is -3.43. The largest absolute Gasteiger partial charge is 0.485 e. The van der Waals surface area contributed by atoms with Crippen LogP contribution in [0.3, 0.4) is 0 Å². The van der Waals surface area contributed by atoms with Gasteiger partial charge in [0.05, 0.1) is 24.3 Å². The molecule has 0 saturated heterocycles. The maximum absolute atomic E-state index is 15.2. The van der Waals surface area contributed by atoms with Crippen molar-refractivity contribution in [1.29, 1.82) is 5.26 Å². The summed E-state index contributed by atoms with van der Waals surface area (Å²) in [5.41, 5.74) is 0.900. The van der Waals surface area contributed by atoms with Gasteiger partial charge in [0.1, 0.15) is 6.61 Å². The molecule has 1 heterocycles. The van der Waals surface area contributed by atoms with Crippen LogP contribution < -0.4 is 14.2 Å². The molecule has 0 bridgehead atoms. The van der Waals surface area contributed by atoms with E-state index in [1.807, 2.05) is 12.1 Å². The molecular formula is C25H21F3N2O6. The summed E-state index contributed by atoms with van der Waals surface area (Å²) < 4.78 is 64.6. The van der Waals surface area contributed by atoms with Gasteiger partial charge in [-0.05, 0) is 31.5 Å². The van der Waals surface area contributed by atoms with Crippen LogP contribution in [0.1, 0.15) is 25.0 Å². The second-order valence-electron chi connectivity index (χ2n) is 7.35. The number of aliphatic hydroxyl groups excluding tert-OH is 1. The van der Waals surface area contributed by atoms with E-state index in [2.05, 4.69) is 4.98 Å². The van der Waals surface area contributed by atoms with E-state index in [-0.39, 0.29) is 30.3 Å². The maximum Gasteiger partial charge on any atom is 0.350 e. The first kappa shape index (κ1) is 26.3. The van der Waals surface area contributed by atoms with Crippen LogP contribution in [0, 0.1) is 28.9 Å². The van der Waals surface area contributed by atoms with E-state index < -0.39 is 47.4 Å². The Morgan fingerprint density at radius 2 is 1.83 bits per heavy atom. The Morgan fingerprint density at radius 1 is 1.11 bits per heavy atom. The lowest BCUT2D eigenvalue weighted by atomic mass is 10.2. The summed E-state index contributed by atoms with van der Waals surface area (Å²) in [6, 6.07) is 14.9. The molecule has 2 atom stereocenters. The van der Waals surface area contributed by atoms with Gasteiger partial charge in [-0.1, -0.05) is 30.3 Å². The molecule has 3 rings (SSSR count). The molecule has 0 aliphatic rings. The van der Waals surface area contributed by atoms with Crippen molar-refractivity contribution in [2.45, 2.75) is 32.7 Å². The zero-order valence-corrected chi connectivity index (χ0v) is 19.2. The van der Waals surface area contributed by atoms with Gasteiger partial charge < -0.3 is 24.1 Å². The van der Waals surface area contributed by atoms with Crippen molar-refractivity contribution in [1.82, 2.24) is 4.98 Å². The molecule has 0 fully saturated rings. The minimum Gasteiger partial charge on any atom is -0.485 e. The van der Waals surface area contributed by atoms with Crippen molar-refractivity contribution in [2.24, 2.45) is 0 Å². The Labute approximate surface area is 204 Å². The summed E-state index contributed by atoms with van der Waals surface area (Å²) >= 11 is 0. The number of carbonyl (C=O) groups is 1. The summed E-state index contributed by atoms with van der Waals surface area (Å²) in [5.74, 6) is -8.93. The lowest BCUT2D eigenvalue weighted by Crippen LogP contribution is -2.39. The number of ether oxygens (including phenoxy) is 4. The highest BCUT2D eigenvalue weighted by Gasteiger charge is 2.33.